The summed E-state index contributed by atoms with van der Waals surface area (Å²) in [6, 6.07) is 1.42. The van der Waals surface area contributed by atoms with Crippen molar-refractivity contribution in [3.8, 4) is 0 Å². The number of aromatic nitrogens is 2. The van der Waals surface area contributed by atoms with E-state index >= 15 is 0 Å². The summed E-state index contributed by atoms with van der Waals surface area (Å²) in [5, 5.41) is 8.42. The van der Waals surface area contributed by atoms with Gasteiger partial charge < -0.3 is 5.11 Å². The lowest BCUT2D eigenvalue weighted by atomic mass is 10.3. The van der Waals surface area contributed by atoms with Crippen LogP contribution in [0.3, 0.4) is 0 Å². The summed E-state index contributed by atoms with van der Waals surface area (Å²) in [7, 11) is 0. The number of aryl methyl sites for hydroxylation is 1. The lowest BCUT2D eigenvalue weighted by Gasteiger charge is -1.91. The van der Waals surface area contributed by atoms with Gasteiger partial charge in [-0.2, -0.15) is 0 Å². The Morgan fingerprint density at radius 1 is 1.60 bits per heavy atom. The average molecular weight is 138 g/mol. The number of nitrogens with zero attached hydrogens (tertiary/aromatic N) is 2. The van der Waals surface area contributed by atoms with E-state index in [1.807, 2.05) is 0 Å². The molecule has 0 aromatic carbocycles. The predicted octanol–water partition coefficient (Wildman–Crippen LogP) is 0.483. The van der Waals surface area contributed by atoms with Crippen molar-refractivity contribution in [2.75, 3.05) is 0 Å². The van der Waals surface area contributed by atoms with Crippen molar-refractivity contribution in [3.05, 3.63) is 23.8 Å². The third kappa shape index (κ3) is 1.28. The number of carboxylic acid groups (broad SMARTS) is 1. The van der Waals surface area contributed by atoms with Crippen LogP contribution in [0.15, 0.2) is 12.4 Å². The maximum Gasteiger partial charge on any atom is 0.354 e. The summed E-state index contributed by atoms with van der Waals surface area (Å²) in [5.74, 6) is -1.02. The van der Waals surface area contributed by atoms with Crippen molar-refractivity contribution in [3.63, 3.8) is 0 Å². The molecule has 0 spiro atoms. The zero-order valence-corrected chi connectivity index (χ0v) is 5.40. The fourth-order valence-corrected chi connectivity index (χ4v) is 0.571. The predicted molar refractivity (Wildman–Crippen MR) is 33.7 cm³/mol. The molecule has 1 aromatic heterocycles. The van der Waals surface area contributed by atoms with Gasteiger partial charge in [0.25, 0.3) is 0 Å². The summed E-state index contributed by atoms with van der Waals surface area (Å²) >= 11 is 0. The molecule has 0 amide bonds. The van der Waals surface area contributed by atoms with E-state index < -0.39 is 5.97 Å². The van der Waals surface area contributed by atoms with E-state index in [0.29, 0.717) is 5.69 Å². The van der Waals surface area contributed by atoms with Gasteiger partial charge in [0.15, 0.2) is 5.69 Å². The van der Waals surface area contributed by atoms with Crippen molar-refractivity contribution in [1.82, 2.24) is 9.97 Å². The van der Waals surface area contributed by atoms with E-state index in [2.05, 4.69) is 9.97 Å². The quantitative estimate of drug-likeness (QED) is 0.613. The van der Waals surface area contributed by atoms with Gasteiger partial charge in [-0.1, -0.05) is 0 Å². The molecular formula is C6H6N2O2. The second-order valence-electron chi connectivity index (χ2n) is 1.85. The molecule has 0 saturated carbocycles. The van der Waals surface area contributed by atoms with E-state index in [1.165, 1.54) is 12.4 Å². The summed E-state index contributed by atoms with van der Waals surface area (Å²) in [4.78, 5) is 17.5. The monoisotopic (exact) mass is 138 g/mol. The van der Waals surface area contributed by atoms with E-state index in [0.717, 1.165) is 0 Å². The molecule has 0 aliphatic rings. The molecule has 1 heterocycles. The van der Waals surface area contributed by atoms with E-state index in [4.69, 9.17) is 5.11 Å². The smallest absolute Gasteiger partial charge is 0.354 e. The Labute approximate surface area is 57.6 Å². The molecular weight excluding hydrogens is 132 g/mol. The number of hydrogen-bond acceptors (Lipinski definition) is 3. The number of carboxylic acids is 1. The van der Waals surface area contributed by atoms with Crippen LogP contribution < -0.4 is 0 Å². The van der Waals surface area contributed by atoms with Crippen LogP contribution >= 0.6 is 0 Å². The van der Waals surface area contributed by atoms with Gasteiger partial charge in [-0.25, -0.2) is 14.8 Å². The standard InChI is InChI=1S/C6H6N2O2/c1-4-2-5(6(9)10)8-3-7-4/h2-3H,1H3,(H,9,10). The molecule has 0 bridgehead atoms. The second-order valence-corrected chi connectivity index (χ2v) is 1.85. The van der Waals surface area contributed by atoms with Crippen LogP contribution in [0, 0.1) is 6.92 Å². The number of carbonyl (C=O) groups is 1. The van der Waals surface area contributed by atoms with Gasteiger partial charge in [-0.3, -0.25) is 0 Å². The molecule has 0 aliphatic heterocycles. The maximum atomic E-state index is 10.3. The third-order valence-corrected chi connectivity index (χ3v) is 1.02. The number of rotatable bonds is 1. The molecule has 0 fully saturated rings. The molecule has 1 aromatic rings. The van der Waals surface area contributed by atoms with Crippen LogP contribution in [0.2, 0.25) is 0 Å². The highest BCUT2D eigenvalue weighted by Crippen LogP contribution is 1.94. The molecule has 0 atom stereocenters. The van der Waals surface area contributed by atoms with Crippen LogP contribution in [0.5, 0.6) is 0 Å². The minimum absolute atomic E-state index is 0.0347. The molecule has 0 saturated heterocycles. The summed E-state index contributed by atoms with van der Waals surface area (Å²) < 4.78 is 0. The van der Waals surface area contributed by atoms with Gasteiger partial charge in [0.2, 0.25) is 0 Å². The molecule has 0 aliphatic carbocycles. The Hall–Kier alpha value is -1.45. The maximum absolute atomic E-state index is 10.3. The first kappa shape index (κ1) is 6.67. The Kier molecular flexibility index (Phi) is 1.62. The van der Waals surface area contributed by atoms with Crippen LogP contribution in [-0.4, -0.2) is 21.0 Å². The van der Waals surface area contributed by atoms with Crippen molar-refractivity contribution in [1.29, 1.82) is 0 Å². The van der Waals surface area contributed by atoms with Gasteiger partial charge in [0.05, 0.1) is 0 Å². The van der Waals surface area contributed by atoms with Crippen LogP contribution in [0.4, 0.5) is 0 Å². The lowest BCUT2D eigenvalue weighted by Crippen LogP contribution is -2.00. The topological polar surface area (TPSA) is 63.1 Å². The fraction of sp³-hybridized carbons (Fsp3) is 0.167. The highest BCUT2D eigenvalue weighted by atomic mass is 16.4. The lowest BCUT2D eigenvalue weighted by molar-refractivity contribution is 0.0690. The molecule has 10 heavy (non-hydrogen) atoms. The first-order valence-corrected chi connectivity index (χ1v) is 2.72. The number of aromatic carboxylic acids is 1. The largest absolute Gasteiger partial charge is 0.477 e. The van der Waals surface area contributed by atoms with E-state index in [9.17, 15) is 4.79 Å². The summed E-state index contributed by atoms with van der Waals surface area (Å²) in [5.41, 5.74) is 0.694. The number of hydrogen-bond donors (Lipinski definition) is 1. The highest BCUT2D eigenvalue weighted by Gasteiger charge is 2.02. The van der Waals surface area contributed by atoms with E-state index in [-0.39, 0.29) is 5.69 Å². The minimum atomic E-state index is -1.02. The molecule has 0 unspecified atom stereocenters. The van der Waals surface area contributed by atoms with Gasteiger partial charge >= 0.3 is 5.97 Å². The normalized spacial score (nSPS) is 9.30. The van der Waals surface area contributed by atoms with Crippen molar-refractivity contribution < 1.29 is 9.90 Å². The molecule has 1 rings (SSSR count). The van der Waals surface area contributed by atoms with Crippen molar-refractivity contribution >= 4 is 5.97 Å². The first-order chi connectivity index (χ1) is 4.70. The minimum Gasteiger partial charge on any atom is -0.477 e. The summed E-state index contributed by atoms with van der Waals surface area (Å²) in [6.45, 7) is 1.72. The van der Waals surface area contributed by atoms with Gasteiger partial charge in [0, 0.05) is 5.69 Å². The second kappa shape index (κ2) is 2.43. The fourth-order valence-electron chi connectivity index (χ4n) is 0.571. The zero-order chi connectivity index (χ0) is 7.56. The van der Waals surface area contributed by atoms with Gasteiger partial charge in [-0.05, 0) is 13.0 Å². The van der Waals surface area contributed by atoms with Gasteiger partial charge in [0.1, 0.15) is 6.33 Å². The SMILES string of the molecule is Cc1cc(C(=O)O)ncn1. The van der Waals surface area contributed by atoms with Gasteiger partial charge in [-0.15, -0.1) is 0 Å². The van der Waals surface area contributed by atoms with Crippen molar-refractivity contribution in [2.24, 2.45) is 0 Å². The Bertz CT molecular complexity index is 260. The molecule has 1 N–H and O–H groups in total. The van der Waals surface area contributed by atoms with E-state index in [1.54, 1.807) is 6.92 Å². The van der Waals surface area contributed by atoms with Crippen LogP contribution in [-0.2, 0) is 0 Å². The molecule has 4 heteroatoms. The molecule has 4 nitrogen and oxygen atoms in total. The van der Waals surface area contributed by atoms with Crippen LogP contribution in [0.1, 0.15) is 16.2 Å². The third-order valence-electron chi connectivity index (χ3n) is 1.02. The Morgan fingerprint density at radius 3 is 2.70 bits per heavy atom. The van der Waals surface area contributed by atoms with Crippen LogP contribution in [0.25, 0.3) is 0 Å². The zero-order valence-electron chi connectivity index (χ0n) is 5.40. The molecule has 52 valence electrons. The first-order valence-electron chi connectivity index (χ1n) is 2.72. The Balaban J connectivity index is 3.07. The highest BCUT2D eigenvalue weighted by molar-refractivity contribution is 5.85. The Morgan fingerprint density at radius 2 is 2.30 bits per heavy atom. The van der Waals surface area contributed by atoms with Crippen molar-refractivity contribution in [2.45, 2.75) is 6.92 Å². The molecule has 0 radical (unpaired) electrons. The summed E-state index contributed by atoms with van der Waals surface area (Å²) in [6.07, 6.45) is 1.23. The average Bonchev–Trinajstić information content (AvgIpc) is 1.88.